The summed E-state index contributed by atoms with van der Waals surface area (Å²) in [6.07, 6.45) is 0. The average Bonchev–Trinajstić information content (AvgIpc) is 2.72. The average molecular weight is 205 g/mol. The molecule has 2 aromatic rings. The fourth-order valence-electron chi connectivity index (χ4n) is 1.29. The summed E-state index contributed by atoms with van der Waals surface area (Å²) >= 11 is 0. The van der Waals surface area contributed by atoms with Crippen molar-refractivity contribution in [2.24, 2.45) is 0 Å². The van der Waals surface area contributed by atoms with E-state index < -0.39 is 11.0 Å². The van der Waals surface area contributed by atoms with E-state index >= 15 is 0 Å². The van der Waals surface area contributed by atoms with Crippen molar-refractivity contribution in [2.45, 2.75) is 6.04 Å². The van der Waals surface area contributed by atoms with Gasteiger partial charge in [-0.15, -0.1) is 10.2 Å². The second-order valence-electron chi connectivity index (χ2n) is 2.87. The zero-order chi connectivity index (χ0) is 10.7. The molecule has 7 nitrogen and oxygen atoms in total. The lowest BCUT2D eigenvalue weighted by Crippen LogP contribution is -2.13. The topological polar surface area (TPSA) is 97.6 Å². The highest BCUT2D eigenvalue weighted by atomic mass is 16.6. The molecule has 1 atom stereocenters. The molecule has 0 aliphatic carbocycles. The van der Waals surface area contributed by atoms with Crippen molar-refractivity contribution < 1.29 is 4.92 Å². The minimum atomic E-state index is -1.06. The van der Waals surface area contributed by atoms with Crippen LogP contribution in [0.1, 0.15) is 17.4 Å². The van der Waals surface area contributed by atoms with Crippen LogP contribution in [0.2, 0.25) is 0 Å². The number of nitro groups is 1. The molecular formula is C8H7N5O2. The van der Waals surface area contributed by atoms with E-state index in [0.29, 0.717) is 5.56 Å². The summed E-state index contributed by atoms with van der Waals surface area (Å²) < 4.78 is 0. The van der Waals surface area contributed by atoms with Gasteiger partial charge in [-0.3, -0.25) is 10.1 Å². The second-order valence-corrected chi connectivity index (χ2v) is 2.87. The van der Waals surface area contributed by atoms with Gasteiger partial charge in [0.05, 0.1) is 0 Å². The van der Waals surface area contributed by atoms with E-state index in [4.69, 9.17) is 0 Å². The minimum absolute atomic E-state index is 0.0613. The Hall–Kier alpha value is -2.31. The molecule has 2 rings (SSSR count). The molecule has 76 valence electrons. The Morgan fingerprint density at radius 1 is 1.33 bits per heavy atom. The Balaban J connectivity index is 2.42. The highest BCUT2D eigenvalue weighted by molar-refractivity contribution is 5.21. The SMILES string of the molecule is O=[N+]([O-])C(c1ccccc1)c1nn[nH]n1. The van der Waals surface area contributed by atoms with Crippen LogP contribution in [0.15, 0.2) is 30.3 Å². The molecular weight excluding hydrogens is 198 g/mol. The van der Waals surface area contributed by atoms with Crippen molar-refractivity contribution in [3.8, 4) is 0 Å². The molecule has 0 saturated heterocycles. The van der Waals surface area contributed by atoms with E-state index in [-0.39, 0.29) is 5.82 Å². The van der Waals surface area contributed by atoms with Gasteiger partial charge >= 0.3 is 0 Å². The predicted octanol–water partition coefficient (Wildman–Crippen LogP) is 0.566. The number of tetrazole rings is 1. The molecule has 1 N–H and O–H groups in total. The summed E-state index contributed by atoms with van der Waals surface area (Å²) in [6.45, 7) is 0. The van der Waals surface area contributed by atoms with Gasteiger partial charge in [0.25, 0.3) is 11.9 Å². The fourth-order valence-corrected chi connectivity index (χ4v) is 1.29. The third-order valence-electron chi connectivity index (χ3n) is 1.93. The van der Waals surface area contributed by atoms with E-state index in [0.717, 1.165) is 0 Å². The Bertz CT molecular complexity index is 441. The number of H-pyrrole nitrogens is 1. The molecule has 0 amide bonds. The lowest BCUT2D eigenvalue weighted by Gasteiger charge is -2.04. The molecule has 0 saturated carbocycles. The summed E-state index contributed by atoms with van der Waals surface area (Å²) in [7, 11) is 0. The van der Waals surface area contributed by atoms with Gasteiger partial charge in [-0.25, -0.2) is 0 Å². The Morgan fingerprint density at radius 2 is 2.07 bits per heavy atom. The molecule has 1 aromatic heterocycles. The first-order chi connectivity index (χ1) is 7.29. The normalized spacial score (nSPS) is 12.3. The Kier molecular flexibility index (Phi) is 2.36. The van der Waals surface area contributed by atoms with Crippen LogP contribution in [-0.2, 0) is 0 Å². The van der Waals surface area contributed by atoms with Gasteiger partial charge in [-0.05, 0) is 5.21 Å². The summed E-state index contributed by atoms with van der Waals surface area (Å²) in [6, 6.07) is 7.49. The lowest BCUT2D eigenvalue weighted by atomic mass is 10.1. The van der Waals surface area contributed by atoms with E-state index in [1.807, 2.05) is 0 Å². The molecule has 0 aliphatic heterocycles. The van der Waals surface area contributed by atoms with Crippen LogP contribution in [0.4, 0.5) is 0 Å². The standard InChI is InChI=1S/C8H7N5O2/c14-13(15)7(8-9-11-12-10-8)6-4-2-1-3-5-6/h1-5,7H,(H,9,10,11,12). The van der Waals surface area contributed by atoms with Crippen molar-refractivity contribution in [3.05, 3.63) is 51.8 Å². The number of nitrogens with zero attached hydrogens (tertiary/aromatic N) is 4. The second kappa shape index (κ2) is 3.82. The summed E-state index contributed by atoms with van der Waals surface area (Å²) in [5.41, 5.74) is 0.531. The molecule has 0 spiro atoms. The van der Waals surface area contributed by atoms with E-state index in [1.165, 1.54) is 0 Å². The number of rotatable bonds is 3. The van der Waals surface area contributed by atoms with Crippen LogP contribution >= 0.6 is 0 Å². The van der Waals surface area contributed by atoms with Crippen molar-refractivity contribution in [1.29, 1.82) is 0 Å². The first-order valence-electron chi connectivity index (χ1n) is 4.21. The smallest absolute Gasteiger partial charge is 0.263 e. The molecule has 15 heavy (non-hydrogen) atoms. The van der Waals surface area contributed by atoms with E-state index in [1.54, 1.807) is 30.3 Å². The third kappa shape index (κ3) is 1.80. The van der Waals surface area contributed by atoms with Crippen LogP contribution in [0, 0.1) is 10.1 Å². The van der Waals surface area contributed by atoms with E-state index in [2.05, 4.69) is 20.6 Å². The number of nitrogens with one attached hydrogen (secondary N) is 1. The molecule has 0 aliphatic rings. The molecule has 0 radical (unpaired) electrons. The lowest BCUT2D eigenvalue weighted by molar-refractivity contribution is -0.518. The van der Waals surface area contributed by atoms with Gasteiger partial charge in [-0.2, -0.15) is 5.21 Å². The van der Waals surface area contributed by atoms with E-state index in [9.17, 15) is 10.1 Å². The zero-order valence-corrected chi connectivity index (χ0v) is 7.57. The molecule has 1 heterocycles. The molecule has 1 unspecified atom stereocenters. The monoisotopic (exact) mass is 205 g/mol. The zero-order valence-electron chi connectivity index (χ0n) is 7.57. The molecule has 0 fully saturated rings. The Labute approximate surface area is 84.3 Å². The summed E-state index contributed by atoms with van der Waals surface area (Å²) in [5, 5.41) is 23.6. The molecule has 1 aromatic carbocycles. The third-order valence-corrected chi connectivity index (χ3v) is 1.93. The number of benzene rings is 1. The number of hydrogen-bond acceptors (Lipinski definition) is 5. The summed E-state index contributed by atoms with van der Waals surface area (Å²) in [4.78, 5) is 10.4. The van der Waals surface area contributed by atoms with Gasteiger partial charge in [0.1, 0.15) is 0 Å². The number of aromatic amines is 1. The largest absolute Gasteiger partial charge is 0.300 e. The predicted molar refractivity (Wildman–Crippen MR) is 49.5 cm³/mol. The van der Waals surface area contributed by atoms with Crippen LogP contribution in [-0.4, -0.2) is 25.5 Å². The van der Waals surface area contributed by atoms with Crippen molar-refractivity contribution in [3.63, 3.8) is 0 Å². The van der Waals surface area contributed by atoms with Crippen LogP contribution in [0.5, 0.6) is 0 Å². The van der Waals surface area contributed by atoms with Gasteiger partial charge in [0, 0.05) is 10.5 Å². The maximum Gasteiger partial charge on any atom is 0.300 e. The van der Waals surface area contributed by atoms with Crippen LogP contribution in [0.3, 0.4) is 0 Å². The fraction of sp³-hybridized carbons (Fsp3) is 0.125. The quantitative estimate of drug-likeness (QED) is 0.583. The van der Waals surface area contributed by atoms with Gasteiger partial charge in [0.15, 0.2) is 0 Å². The first kappa shape index (κ1) is 9.25. The van der Waals surface area contributed by atoms with Crippen LogP contribution in [0.25, 0.3) is 0 Å². The van der Waals surface area contributed by atoms with Crippen molar-refractivity contribution >= 4 is 0 Å². The van der Waals surface area contributed by atoms with Crippen molar-refractivity contribution in [1.82, 2.24) is 20.6 Å². The molecule has 0 bridgehead atoms. The van der Waals surface area contributed by atoms with Crippen molar-refractivity contribution in [2.75, 3.05) is 0 Å². The molecule has 7 heteroatoms. The maximum atomic E-state index is 10.9. The minimum Gasteiger partial charge on any atom is -0.263 e. The highest BCUT2D eigenvalue weighted by Crippen LogP contribution is 2.20. The van der Waals surface area contributed by atoms with Crippen LogP contribution < -0.4 is 0 Å². The van der Waals surface area contributed by atoms with Gasteiger partial charge in [-0.1, -0.05) is 30.3 Å². The van der Waals surface area contributed by atoms with Gasteiger partial charge in [0.2, 0.25) is 0 Å². The highest BCUT2D eigenvalue weighted by Gasteiger charge is 2.29. The summed E-state index contributed by atoms with van der Waals surface area (Å²) in [5.74, 6) is 0.0613. The first-order valence-corrected chi connectivity index (χ1v) is 4.21. The Morgan fingerprint density at radius 3 is 2.60 bits per heavy atom. The van der Waals surface area contributed by atoms with Gasteiger partial charge < -0.3 is 0 Å². The maximum absolute atomic E-state index is 10.9. The number of aromatic nitrogens is 4. The number of hydrogen-bond donors (Lipinski definition) is 1.